The van der Waals surface area contributed by atoms with Gasteiger partial charge in [-0.25, -0.2) is 9.67 Å². The van der Waals surface area contributed by atoms with Gasteiger partial charge in [-0.2, -0.15) is 5.10 Å². The molecule has 5 heteroatoms. The second kappa shape index (κ2) is 4.25. The molecule has 1 aliphatic rings. The maximum Gasteiger partial charge on any atom is 0.306 e. The van der Waals surface area contributed by atoms with Crippen molar-refractivity contribution in [3.63, 3.8) is 0 Å². The van der Waals surface area contributed by atoms with Gasteiger partial charge < -0.3 is 5.11 Å². The highest BCUT2D eigenvalue weighted by atomic mass is 16.4. The molecule has 92 valence electrons. The van der Waals surface area contributed by atoms with Gasteiger partial charge in [-0.1, -0.05) is 6.07 Å². The summed E-state index contributed by atoms with van der Waals surface area (Å²) in [4.78, 5) is 15.2. The van der Waals surface area contributed by atoms with Crippen LogP contribution in [-0.4, -0.2) is 25.8 Å². The molecule has 0 spiro atoms. The molecule has 1 atom stereocenters. The van der Waals surface area contributed by atoms with Gasteiger partial charge in [-0.3, -0.25) is 4.79 Å². The van der Waals surface area contributed by atoms with Crippen LogP contribution in [0.2, 0.25) is 0 Å². The number of carbonyl (C=O) groups is 1. The van der Waals surface area contributed by atoms with E-state index in [1.54, 1.807) is 10.9 Å². The van der Waals surface area contributed by atoms with Gasteiger partial charge in [0.2, 0.25) is 0 Å². The summed E-state index contributed by atoms with van der Waals surface area (Å²) in [6.45, 7) is 0. The number of aliphatic carboxylic acids is 1. The average molecular weight is 243 g/mol. The van der Waals surface area contributed by atoms with Crippen LogP contribution in [0.4, 0.5) is 0 Å². The lowest BCUT2D eigenvalue weighted by molar-refractivity contribution is -0.142. The minimum atomic E-state index is -0.716. The summed E-state index contributed by atoms with van der Waals surface area (Å²) in [7, 11) is 0. The predicted molar refractivity (Wildman–Crippen MR) is 64.5 cm³/mol. The number of carboxylic acid groups (broad SMARTS) is 1. The summed E-state index contributed by atoms with van der Waals surface area (Å²) < 4.78 is 1.73. The molecule has 3 rings (SSSR count). The van der Waals surface area contributed by atoms with Gasteiger partial charge in [0.05, 0.1) is 11.6 Å². The molecule has 1 N–H and O–H groups in total. The molecule has 2 aromatic rings. The average Bonchev–Trinajstić information content (AvgIpc) is 2.82. The molecule has 0 saturated heterocycles. The van der Waals surface area contributed by atoms with Crippen molar-refractivity contribution in [3.05, 3.63) is 41.9 Å². The van der Waals surface area contributed by atoms with Crippen LogP contribution >= 0.6 is 0 Å². The fraction of sp³-hybridized carbons (Fsp3) is 0.308. The number of rotatable bonds is 2. The Kier molecular flexibility index (Phi) is 2.59. The van der Waals surface area contributed by atoms with Crippen molar-refractivity contribution in [3.8, 4) is 5.82 Å². The minimum Gasteiger partial charge on any atom is -0.481 e. The van der Waals surface area contributed by atoms with Crippen LogP contribution < -0.4 is 0 Å². The van der Waals surface area contributed by atoms with Crippen LogP contribution in [0.15, 0.2) is 30.6 Å². The number of pyridine rings is 1. The molecule has 2 heterocycles. The Balaban J connectivity index is 1.92. The molecular weight excluding hydrogens is 230 g/mol. The van der Waals surface area contributed by atoms with E-state index in [4.69, 9.17) is 5.11 Å². The Morgan fingerprint density at radius 2 is 2.33 bits per heavy atom. The van der Waals surface area contributed by atoms with Crippen molar-refractivity contribution < 1.29 is 9.90 Å². The van der Waals surface area contributed by atoms with Crippen LogP contribution in [0.25, 0.3) is 5.82 Å². The van der Waals surface area contributed by atoms with Crippen molar-refractivity contribution in [1.82, 2.24) is 14.8 Å². The largest absolute Gasteiger partial charge is 0.481 e. The maximum atomic E-state index is 11.0. The van der Waals surface area contributed by atoms with E-state index in [0.29, 0.717) is 12.8 Å². The lowest BCUT2D eigenvalue weighted by atomic mass is 9.88. The third-order valence-corrected chi connectivity index (χ3v) is 3.31. The first-order valence-corrected chi connectivity index (χ1v) is 5.95. The Labute approximate surface area is 104 Å². The first-order chi connectivity index (χ1) is 8.74. The zero-order chi connectivity index (χ0) is 12.5. The summed E-state index contributed by atoms with van der Waals surface area (Å²) in [6.07, 6.45) is 5.58. The van der Waals surface area contributed by atoms with Crippen LogP contribution in [-0.2, 0) is 17.6 Å². The van der Waals surface area contributed by atoms with E-state index in [2.05, 4.69) is 10.1 Å². The van der Waals surface area contributed by atoms with Crippen molar-refractivity contribution in [2.75, 3.05) is 0 Å². The molecule has 0 bridgehead atoms. The molecule has 0 unspecified atom stereocenters. The summed E-state index contributed by atoms with van der Waals surface area (Å²) >= 11 is 0. The molecular formula is C13H13N3O2. The Bertz CT molecular complexity index is 577. The van der Waals surface area contributed by atoms with Crippen molar-refractivity contribution in [2.24, 2.45) is 5.92 Å². The first-order valence-electron chi connectivity index (χ1n) is 5.95. The zero-order valence-corrected chi connectivity index (χ0v) is 9.78. The number of aromatic nitrogens is 3. The number of hydrogen-bond acceptors (Lipinski definition) is 3. The van der Waals surface area contributed by atoms with Crippen molar-refractivity contribution in [2.45, 2.75) is 19.3 Å². The molecule has 0 fully saturated rings. The van der Waals surface area contributed by atoms with Crippen molar-refractivity contribution >= 4 is 5.97 Å². The minimum absolute atomic E-state index is 0.279. The first kappa shape index (κ1) is 11.0. The van der Waals surface area contributed by atoms with Gasteiger partial charge in [0.15, 0.2) is 5.82 Å². The number of aryl methyl sites for hydroxylation is 1. The third-order valence-electron chi connectivity index (χ3n) is 3.31. The number of nitrogens with zero attached hydrogens (tertiary/aromatic N) is 3. The number of fused-ring (bicyclic) bond motifs is 1. The smallest absolute Gasteiger partial charge is 0.306 e. The zero-order valence-electron chi connectivity index (χ0n) is 9.78. The summed E-state index contributed by atoms with van der Waals surface area (Å²) in [5.41, 5.74) is 2.03. The topological polar surface area (TPSA) is 68.0 Å². The van der Waals surface area contributed by atoms with E-state index >= 15 is 0 Å². The molecule has 18 heavy (non-hydrogen) atoms. The lowest BCUT2D eigenvalue weighted by Crippen LogP contribution is -2.21. The SMILES string of the molecule is O=C(O)[C@@H]1CCc2nn(-c3ccccn3)cc2C1. The van der Waals surface area contributed by atoms with E-state index < -0.39 is 5.97 Å². The van der Waals surface area contributed by atoms with Crippen molar-refractivity contribution in [1.29, 1.82) is 0 Å². The standard InChI is InChI=1S/C13H13N3O2/c17-13(18)9-4-5-11-10(7-9)8-16(15-11)12-3-1-2-6-14-12/h1-3,6,8-9H,4-5,7H2,(H,17,18)/t9-/m1/s1. The highest BCUT2D eigenvalue weighted by molar-refractivity contribution is 5.70. The Hall–Kier alpha value is -2.17. The molecule has 0 saturated carbocycles. The van der Waals surface area contributed by atoms with E-state index in [9.17, 15) is 4.79 Å². The predicted octanol–water partition coefficient (Wildman–Crippen LogP) is 1.46. The number of hydrogen-bond donors (Lipinski definition) is 1. The van der Waals surface area contributed by atoms with Gasteiger partial charge in [0, 0.05) is 12.4 Å². The summed E-state index contributed by atoms with van der Waals surface area (Å²) in [5, 5.41) is 13.5. The fourth-order valence-electron chi connectivity index (χ4n) is 2.32. The van der Waals surface area contributed by atoms with Crippen LogP contribution in [0.3, 0.4) is 0 Å². The van der Waals surface area contributed by atoms with Crippen LogP contribution in [0.1, 0.15) is 17.7 Å². The van der Waals surface area contributed by atoms with Gasteiger partial charge in [0.25, 0.3) is 0 Å². The monoisotopic (exact) mass is 243 g/mol. The van der Waals surface area contributed by atoms with Gasteiger partial charge >= 0.3 is 5.97 Å². The quantitative estimate of drug-likeness (QED) is 0.867. The van der Waals surface area contributed by atoms with Gasteiger partial charge in [-0.15, -0.1) is 0 Å². The van der Waals surface area contributed by atoms with E-state index in [-0.39, 0.29) is 5.92 Å². The fourth-order valence-corrected chi connectivity index (χ4v) is 2.32. The maximum absolute atomic E-state index is 11.0. The molecule has 0 radical (unpaired) electrons. The molecule has 1 aliphatic carbocycles. The molecule has 0 amide bonds. The highest BCUT2D eigenvalue weighted by Crippen LogP contribution is 2.25. The van der Waals surface area contributed by atoms with E-state index in [0.717, 1.165) is 23.5 Å². The Morgan fingerprint density at radius 1 is 1.44 bits per heavy atom. The van der Waals surface area contributed by atoms with Crippen LogP contribution in [0, 0.1) is 5.92 Å². The second-order valence-electron chi connectivity index (χ2n) is 4.51. The highest BCUT2D eigenvalue weighted by Gasteiger charge is 2.26. The third kappa shape index (κ3) is 1.88. The Morgan fingerprint density at radius 3 is 3.06 bits per heavy atom. The van der Waals surface area contributed by atoms with E-state index in [1.165, 1.54) is 0 Å². The lowest BCUT2D eigenvalue weighted by Gasteiger charge is -2.16. The molecule has 2 aromatic heterocycles. The molecule has 0 aliphatic heterocycles. The second-order valence-corrected chi connectivity index (χ2v) is 4.51. The summed E-state index contributed by atoms with van der Waals surface area (Å²) in [5.74, 6) is -0.233. The van der Waals surface area contributed by atoms with Crippen LogP contribution in [0.5, 0.6) is 0 Å². The van der Waals surface area contributed by atoms with Gasteiger partial charge in [0.1, 0.15) is 0 Å². The summed E-state index contributed by atoms with van der Waals surface area (Å²) in [6, 6.07) is 5.64. The van der Waals surface area contributed by atoms with Gasteiger partial charge in [-0.05, 0) is 37.0 Å². The molecule has 0 aromatic carbocycles. The molecule has 5 nitrogen and oxygen atoms in total. The van der Waals surface area contributed by atoms with E-state index in [1.807, 2.05) is 24.4 Å². The number of carboxylic acids is 1. The normalized spacial score (nSPS) is 18.3.